The molecule has 0 N–H and O–H groups in total. The van der Waals surface area contributed by atoms with E-state index < -0.39 is 0 Å². The van der Waals surface area contributed by atoms with Crippen LogP contribution in [0.15, 0.2) is 61.2 Å². The van der Waals surface area contributed by atoms with E-state index in [0.29, 0.717) is 24.3 Å². The lowest BCUT2D eigenvalue weighted by Gasteiger charge is -2.07. The first-order valence-corrected chi connectivity index (χ1v) is 9.16. The number of fused-ring (bicyclic) bond motifs is 2. The first-order valence-electron chi connectivity index (χ1n) is 9.16. The van der Waals surface area contributed by atoms with E-state index in [9.17, 15) is 0 Å². The van der Waals surface area contributed by atoms with Gasteiger partial charge in [-0.3, -0.25) is 9.97 Å². The first kappa shape index (κ1) is 17.2. The molecule has 0 bridgehead atoms. The summed E-state index contributed by atoms with van der Waals surface area (Å²) in [6.45, 7) is 0.551. The van der Waals surface area contributed by atoms with Gasteiger partial charge in [0.25, 0.3) is 0 Å². The van der Waals surface area contributed by atoms with Gasteiger partial charge in [-0.1, -0.05) is 17.3 Å². The zero-order valence-electron chi connectivity index (χ0n) is 15.7. The molecule has 0 fully saturated rings. The molecule has 0 amide bonds. The van der Waals surface area contributed by atoms with Crippen LogP contribution < -0.4 is 4.74 Å². The Morgan fingerprint density at radius 2 is 2.00 bits per heavy atom. The quantitative estimate of drug-likeness (QED) is 0.461. The maximum Gasteiger partial charge on any atom is 0.221 e. The van der Waals surface area contributed by atoms with Gasteiger partial charge in [0.2, 0.25) is 5.65 Å². The van der Waals surface area contributed by atoms with Crippen LogP contribution in [0, 0.1) is 0 Å². The number of nitrogens with zero attached hydrogens (tertiary/aromatic N) is 7. The Morgan fingerprint density at radius 1 is 1.03 bits per heavy atom. The molecule has 0 radical (unpaired) electrons. The van der Waals surface area contributed by atoms with E-state index in [0.717, 1.165) is 33.5 Å². The maximum atomic E-state index is 5.40. The Morgan fingerprint density at radius 3 is 2.93 bits per heavy atom. The van der Waals surface area contributed by atoms with Crippen molar-refractivity contribution in [3.8, 4) is 5.75 Å². The van der Waals surface area contributed by atoms with Crippen molar-refractivity contribution in [1.82, 2.24) is 34.9 Å². The molecule has 5 rings (SSSR count). The van der Waals surface area contributed by atoms with Crippen molar-refractivity contribution in [2.75, 3.05) is 7.11 Å². The van der Waals surface area contributed by atoms with Crippen molar-refractivity contribution in [2.24, 2.45) is 0 Å². The number of aromatic nitrogens is 7. The largest absolute Gasteiger partial charge is 0.496 e. The third-order valence-corrected chi connectivity index (χ3v) is 4.73. The summed E-state index contributed by atoms with van der Waals surface area (Å²) in [6, 6.07) is 12.0. The van der Waals surface area contributed by atoms with Crippen LogP contribution in [-0.4, -0.2) is 42.0 Å². The number of pyridine rings is 2. The normalized spacial score (nSPS) is 11.2. The fourth-order valence-electron chi connectivity index (χ4n) is 3.32. The van der Waals surface area contributed by atoms with E-state index in [1.807, 2.05) is 30.3 Å². The van der Waals surface area contributed by atoms with Gasteiger partial charge in [0, 0.05) is 36.0 Å². The average Bonchev–Trinajstić information content (AvgIpc) is 3.16. The lowest BCUT2D eigenvalue weighted by molar-refractivity contribution is 0.409. The van der Waals surface area contributed by atoms with Gasteiger partial charge in [0.1, 0.15) is 5.75 Å². The molecular formula is C21H17N7O. The highest BCUT2D eigenvalue weighted by atomic mass is 16.5. The number of rotatable bonds is 5. The summed E-state index contributed by atoms with van der Waals surface area (Å²) in [5, 5.41) is 9.48. The standard InChI is InChI=1S/C21H17N7O/c1-29-19-6-8-22-11-16(19)10-17-12-24-20-21(25-17)28(27-26-20)13-14-4-5-18-15(9-14)3-2-7-23-18/h2-9,11-12H,10,13H2,1H3. The number of methoxy groups -OCH3 is 1. The second-order valence-electron chi connectivity index (χ2n) is 6.65. The number of benzene rings is 1. The van der Waals surface area contributed by atoms with E-state index in [1.165, 1.54) is 0 Å². The Kier molecular flexibility index (Phi) is 4.28. The van der Waals surface area contributed by atoms with Crippen LogP contribution in [0.3, 0.4) is 0 Å². The number of hydrogen-bond donors (Lipinski definition) is 0. The van der Waals surface area contributed by atoms with E-state index in [2.05, 4.69) is 31.3 Å². The predicted molar refractivity (Wildman–Crippen MR) is 108 cm³/mol. The Balaban J connectivity index is 1.47. The van der Waals surface area contributed by atoms with Crippen molar-refractivity contribution >= 4 is 22.2 Å². The minimum Gasteiger partial charge on any atom is -0.496 e. The Hall–Kier alpha value is -3.94. The lowest BCUT2D eigenvalue weighted by atomic mass is 10.1. The van der Waals surface area contributed by atoms with Crippen molar-refractivity contribution < 1.29 is 4.74 Å². The molecule has 0 saturated carbocycles. The summed E-state index contributed by atoms with van der Waals surface area (Å²) in [4.78, 5) is 17.7. The second-order valence-corrected chi connectivity index (χ2v) is 6.65. The van der Waals surface area contributed by atoms with Crippen LogP contribution in [0.4, 0.5) is 0 Å². The highest BCUT2D eigenvalue weighted by Crippen LogP contribution is 2.20. The van der Waals surface area contributed by atoms with Crippen LogP contribution in [0.2, 0.25) is 0 Å². The maximum absolute atomic E-state index is 5.40. The molecule has 142 valence electrons. The molecule has 0 spiro atoms. The van der Waals surface area contributed by atoms with Crippen molar-refractivity contribution in [2.45, 2.75) is 13.0 Å². The van der Waals surface area contributed by atoms with E-state index in [4.69, 9.17) is 9.72 Å². The van der Waals surface area contributed by atoms with Gasteiger partial charge in [0.05, 0.1) is 31.1 Å². The summed E-state index contributed by atoms with van der Waals surface area (Å²) in [6.07, 6.45) is 7.56. The fraction of sp³-hybridized carbons (Fsp3) is 0.143. The fourth-order valence-corrected chi connectivity index (χ4v) is 3.32. The van der Waals surface area contributed by atoms with Crippen LogP contribution in [0.1, 0.15) is 16.8 Å². The van der Waals surface area contributed by atoms with Crippen LogP contribution in [-0.2, 0) is 13.0 Å². The number of ether oxygens (including phenoxy) is 1. The van der Waals surface area contributed by atoms with Crippen LogP contribution in [0.25, 0.3) is 22.2 Å². The molecule has 4 aromatic heterocycles. The van der Waals surface area contributed by atoms with Crippen LogP contribution in [0.5, 0.6) is 5.75 Å². The van der Waals surface area contributed by atoms with Crippen molar-refractivity contribution in [3.63, 3.8) is 0 Å². The van der Waals surface area contributed by atoms with Crippen molar-refractivity contribution in [3.05, 3.63) is 78.0 Å². The summed E-state index contributed by atoms with van der Waals surface area (Å²) >= 11 is 0. The number of hydrogen-bond acceptors (Lipinski definition) is 7. The topological polar surface area (TPSA) is 91.5 Å². The van der Waals surface area contributed by atoms with Gasteiger partial charge < -0.3 is 4.74 Å². The van der Waals surface area contributed by atoms with Gasteiger partial charge in [-0.15, -0.1) is 5.10 Å². The monoisotopic (exact) mass is 383 g/mol. The third kappa shape index (κ3) is 3.36. The summed E-state index contributed by atoms with van der Waals surface area (Å²) in [5.41, 5.74) is 4.98. The molecule has 8 nitrogen and oxygen atoms in total. The molecule has 0 aliphatic rings. The smallest absolute Gasteiger partial charge is 0.221 e. The minimum absolute atomic E-state index is 0.523. The molecular weight excluding hydrogens is 366 g/mol. The van der Waals surface area contributed by atoms with E-state index >= 15 is 0 Å². The SMILES string of the molecule is COc1ccncc1Cc1cnc2nnn(Cc3ccc4ncccc4c3)c2n1. The molecule has 0 aliphatic carbocycles. The summed E-state index contributed by atoms with van der Waals surface area (Å²) < 4.78 is 7.17. The highest BCUT2D eigenvalue weighted by Gasteiger charge is 2.12. The van der Waals surface area contributed by atoms with E-state index in [-0.39, 0.29) is 0 Å². The van der Waals surface area contributed by atoms with Crippen LogP contribution >= 0.6 is 0 Å². The molecule has 5 aromatic rings. The van der Waals surface area contributed by atoms with Gasteiger partial charge >= 0.3 is 0 Å². The predicted octanol–water partition coefficient (Wildman–Crippen LogP) is 2.81. The summed E-state index contributed by atoms with van der Waals surface area (Å²) in [5.74, 6) is 0.776. The van der Waals surface area contributed by atoms with E-state index in [1.54, 1.807) is 36.6 Å². The summed E-state index contributed by atoms with van der Waals surface area (Å²) in [7, 11) is 1.64. The van der Waals surface area contributed by atoms with Gasteiger partial charge in [0.15, 0.2) is 5.65 Å². The highest BCUT2D eigenvalue weighted by molar-refractivity contribution is 5.79. The average molecular weight is 383 g/mol. The molecule has 29 heavy (non-hydrogen) atoms. The molecule has 0 aliphatic heterocycles. The molecule has 0 unspecified atom stereocenters. The van der Waals surface area contributed by atoms with Gasteiger partial charge in [-0.2, -0.15) is 0 Å². The van der Waals surface area contributed by atoms with Crippen molar-refractivity contribution in [1.29, 1.82) is 0 Å². The van der Waals surface area contributed by atoms with Gasteiger partial charge in [-0.05, 0) is 29.8 Å². The van der Waals surface area contributed by atoms with Gasteiger partial charge in [-0.25, -0.2) is 14.6 Å². The Bertz CT molecular complexity index is 1310. The molecule has 4 heterocycles. The minimum atomic E-state index is 0.523. The zero-order valence-corrected chi connectivity index (χ0v) is 15.7. The molecule has 8 heteroatoms. The Labute approximate surface area is 166 Å². The molecule has 0 saturated heterocycles. The molecule has 0 atom stereocenters. The first-order chi connectivity index (χ1) is 14.3. The molecule has 1 aromatic carbocycles. The third-order valence-electron chi connectivity index (χ3n) is 4.73. The lowest BCUT2D eigenvalue weighted by Crippen LogP contribution is -2.05. The second kappa shape index (κ2) is 7.23. The zero-order chi connectivity index (χ0) is 19.6.